The Morgan fingerprint density at radius 1 is 1.33 bits per heavy atom. The van der Waals surface area contributed by atoms with Crippen LogP contribution in [0.1, 0.15) is 28.4 Å². The molecule has 2 N–H and O–H groups in total. The molecule has 1 aliphatic rings. The lowest BCUT2D eigenvalue weighted by Gasteiger charge is -2.19. The normalized spacial score (nSPS) is 16.9. The number of para-hydroxylation sites is 1. The van der Waals surface area contributed by atoms with Crippen LogP contribution < -0.4 is 5.32 Å². The number of aliphatic hydroxyl groups excluding tert-OH is 1. The van der Waals surface area contributed by atoms with Crippen LogP contribution in [0.25, 0.3) is 10.9 Å². The molecule has 7 heteroatoms. The van der Waals surface area contributed by atoms with E-state index in [1.807, 2.05) is 54.2 Å². The molecule has 27 heavy (non-hydrogen) atoms. The molecule has 1 aromatic heterocycles. The fourth-order valence-corrected chi connectivity index (χ4v) is 3.46. The van der Waals surface area contributed by atoms with Gasteiger partial charge in [0.2, 0.25) is 5.91 Å². The number of hydrogen-bond acceptors (Lipinski definition) is 5. The SMILES string of the molecule is CN(C)CC(=O)N1CC[C@H](c2cc(C(=O)NCCO)c3ccccc3n2)C1. The summed E-state index contributed by atoms with van der Waals surface area (Å²) in [4.78, 5) is 33.4. The van der Waals surface area contributed by atoms with Crippen LogP contribution in [0.4, 0.5) is 0 Å². The number of carbonyl (C=O) groups excluding carboxylic acids is 2. The minimum atomic E-state index is -0.220. The number of pyridine rings is 1. The van der Waals surface area contributed by atoms with Gasteiger partial charge in [-0.2, -0.15) is 0 Å². The number of nitrogens with zero attached hydrogens (tertiary/aromatic N) is 3. The molecule has 1 aromatic carbocycles. The number of benzene rings is 1. The van der Waals surface area contributed by atoms with E-state index in [2.05, 4.69) is 5.32 Å². The van der Waals surface area contributed by atoms with Crippen molar-refractivity contribution in [3.63, 3.8) is 0 Å². The van der Waals surface area contributed by atoms with Crippen LogP contribution in [0, 0.1) is 0 Å². The van der Waals surface area contributed by atoms with Gasteiger partial charge >= 0.3 is 0 Å². The van der Waals surface area contributed by atoms with Gasteiger partial charge in [0.25, 0.3) is 5.91 Å². The third-order valence-electron chi connectivity index (χ3n) is 4.79. The number of fused-ring (bicyclic) bond motifs is 1. The van der Waals surface area contributed by atoms with Crippen molar-refractivity contribution in [1.29, 1.82) is 0 Å². The van der Waals surface area contributed by atoms with E-state index in [4.69, 9.17) is 10.1 Å². The van der Waals surface area contributed by atoms with E-state index in [1.54, 1.807) is 0 Å². The van der Waals surface area contributed by atoms with E-state index in [9.17, 15) is 9.59 Å². The van der Waals surface area contributed by atoms with Crippen LogP contribution in [-0.2, 0) is 4.79 Å². The predicted molar refractivity (Wildman–Crippen MR) is 104 cm³/mol. The smallest absolute Gasteiger partial charge is 0.252 e. The second-order valence-corrected chi connectivity index (χ2v) is 7.15. The average Bonchev–Trinajstić information content (AvgIpc) is 3.15. The van der Waals surface area contributed by atoms with E-state index in [0.29, 0.717) is 25.2 Å². The van der Waals surface area contributed by atoms with E-state index < -0.39 is 0 Å². The van der Waals surface area contributed by atoms with Crippen LogP contribution in [-0.4, -0.2) is 78.6 Å². The molecule has 2 heterocycles. The Bertz CT molecular complexity index is 837. The first kappa shape index (κ1) is 19.3. The molecule has 0 spiro atoms. The molecule has 1 atom stereocenters. The van der Waals surface area contributed by atoms with Crippen LogP contribution in [0.5, 0.6) is 0 Å². The molecule has 2 aromatic rings. The fourth-order valence-electron chi connectivity index (χ4n) is 3.46. The second-order valence-electron chi connectivity index (χ2n) is 7.15. The lowest BCUT2D eigenvalue weighted by atomic mass is 9.99. The Balaban J connectivity index is 1.87. The maximum atomic E-state index is 12.6. The third kappa shape index (κ3) is 4.43. The van der Waals surface area contributed by atoms with Gasteiger partial charge in [0.05, 0.1) is 24.2 Å². The summed E-state index contributed by atoms with van der Waals surface area (Å²) in [6.07, 6.45) is 0.836. The number of nitrogens with one attached hydrogen (secondary N) is 1. The minimum Gasteiger partial charge on any atom is -0.395 e. The number of likely N-dealkylation sites (tertiary alicyclic amines) is 1. The largest absolute Gasteiger partial charge is 0.395 e. The van der Waals surface area contributed by atoms with Crippen LogP contribution in [0.3, 0.4) is 0 Å². The highest BCUT2D eigenvalue weighted by atomic mass is 16.3. The zero-order valence-electron chi connectivity index (χ0n) is 15.8. The zero-order chi connectivity index (χ0) is 19.4. The van der Waals surface area contributed by atoms with Gasteiger partial charge in [-0.05, 0) is 32.6 Å². The lowest BCUT2D eigenvalue weighted by molar-refractivity contribution is -0.130. The summed E-state index contributed by atoms with van der Waals surface area (Å²) in [5.74, 6) is 0.0109. The minimum absolute atomic E-state index is 0.104. The zero-order valence-corrected chi connectivity index (χ0v) is 15.8. The molecule has 1 aliphatic heterocycles. The molecule has 144 valence electrons. The van der Waals surface area contributed by atoms with Gasteiger partial charge < -0.3 is 20.2 Å². The first-order chi connectivity index (χ1) is 13.0. The first-order valence-electron chi connectivity index (χ1n) is 9.21. The topological polar surface area (TPSA) is 85.8 Å². The Morgan fingerprint density at radius 3 is 2.85 bits per heavy atom. The number of aromatic nitrogens is 1. The van der Waals surface area contributed by atoms with Crippen molar-refractivity contribution in [2.24, 2.45) is 0 Å². The van der Waals surface area contributed by atoms with Gasteiger partial charge in [-0.1, -0.05) is 18.2 Å². The maximum Gasteiger partial charge on any atom is 0.252 e. The molecular weight excluding hydrogens is 344 g/mol. The second kappa shape index (κ2) is 8.45. The number of aliphatic hydroxyl groups is 1. The number of carbonyl (C=O) groups is 2. The van der Waals surface area contributed by atoms with Gasteiger partial charge in [0.15, 0.2) is 0 Å². The molecule has 0 radical (unpaired) electrons. The summed E-state index contributed by atoms with van der Waals surface area (Å²) in [6.45, 7) is 1.83. The molecule has 0 unspecified atom stereocenters. The number of amides is 2. The Morgan fingerprint density at radius 2 is 2.11 bits per heavy atom. The van der Waals surface area contributed by atoms with Crippen molar-refractivity contribution in [3.8, 4) is 0 Å². The van der Waals surface area contributed by atoms with Gasteiger partial charge in [0.1, 0.15) is 0 Å². The van der Waals surface area contributed by atoms with Crippen molar-refractivity contribution in [2.45, 2.75) is 12.3 Å². The van der Waals surface area contributed by atoms with Gasteiger partial charge in [-0.3, -0.25) is 14.6 Å². The number of likely N-dealkylation sites (N-methyl/N-ethyl adjacent to an activating group) is 1. The summed E-state index contributed by atoms with van der Waals surface area (Å²) < 4.78 is 0. The maximum absolute atomic E-state index is 12.6. The summed E-state index contributed by atoms with van der Waals surface area (Å²) in [5, 5.41) is 12.5. The third-order valence-corrected chi connectivity index (χ3v) is 4.79. The molecular formula is C20H26N4O3. The first-order valence-corrected chi connectivity index (χ1v) is 9.21. The number of rotatable bonds is 6. The lowest BCUT2D eigenvalue weighted by Crippen LogP contribution is -2.36. The monoisotopic (exact) mass is 370 g/mol. The van der Waals surface area contributed by atoms with E-state index in [1.165, 1.54) is 0 Å². The predicted octanol–water partition coefficient (Wildman–Crippen LogP) is 0.834. The Labute approximate surface area is 159 Å². The van der Waals surface area contributed by atoms with E-state index >= 15 is 0 Å². The fraction of sp³-hybridized carbons (Fsp3) is 0.450. The highest BCUT2D eigenvalue weighted by Gasteiger charge is 2.29. The molecule has 0 bridgehead atoms. The standard InChI is InChI=1S/C20H26N4O3/c1-23(2)13-19(26)24-9-7-14(12-24)18-11-16(20(27)21-8-10-25)15-5-3-4-6-17(15)22-18/h3-6,11,14,25H,7-10,12-13H2,1-2H3,(H,21,27)/t14-/m0/s1. The van der Waals surface area contributed by atoms with Crippen LogP contribution in [0.2, 0.25) is 0 Å². The molecule has 0 saturated carbocycles. The van der Waals surface area contributed by atoms with Crippen molar-refractivity contribution >= 4 is 22.7 Å². The molecule has 7 nitrogen and oxygen atoms in total. The quantitative estimate of drug-likeness (QED) is 0.787. The molecule has 1 saturated heterocycles. The van der Waals surface area contributed by atoms with Gasteiger partial charge in [-0.25, -0.2) is 0 Å². The summed E-state index contributed by atoms with van der Waals surface area (Å²) in [5.41, 5.74) is 2.16. The summed E-state index contributed by atoms with van der Waals surface area (Å²) in [7, 11) is 3.77. The van der Waals surface area contributed by atoms with Crippen molar-refractivity contribution < 1.29 is 14.7 Å². The Hall–Kier alpha value is -2.51. The van der Waals surface area contributed by atoms with Gasteiger partial charge in [-0.15, -0.1) is 0 Å². The van der Waals surface area contributed by atoms with Crippen LogP contribution in [0.15, 0.2) is 30.3 Å². The Kier molecular flexibility index (Phi) is 6.03. The summed E-state index contributed by atoms with van der Waals surface area (Å²) >= 11 is 0. The van der Waals surface area contributed by atoms with E-state index in [-0.39, 0.29) is 30.9 Å². The molecule has 2 amide bonds. The number of hydrogen-bond donors (Lipinski definition) is 2. The average molecular weight is 370 g/mol. The molecule has 1 fully saturated rings. The van der Waals surface area contributed by atoms with Crippen LogP contribution >= 0.6 is 0 Å². The highest BCUT2D eigenvalue weighted by molar-refractivity contribution is 6.06. The van der Waals surface area contributed by atoms with Crippen molar-refractivity contribution in [2.75, 3.05) is 46.9 Å². The highest BCUT2D eigenvalue weighted by Crippen LogP contribution is 2.29. The van der Waals surface area contributed by atoms with E-state index in [0.717, 1.165) is 23.0 Å². The van der Waals surface area contributed by atoms with Crippen molar-refractivity contribution in [1.82, 2.24) is 20.1 Å². The molecule has 3 rings (SSSR count). The molecule has 0 aliphatic carbocycles. The van der Waals surface area contributed by atoms with Gasteiger partial charge in [0, 0.05) is 36.6 Å². The van der Waals surface area contributed by atoms with Crippen molar-refractivity contribution in [3.05, 3.63) is 41.6 Å². The summed E-state index contributed by atoms with van der Waals surface area (Å²) in [6, 6.07) is 9.38.